The summed E-state index contributed by atoms with van der Waals surface area (Å²) in [5, 5.41) is 18.2. The predicted octanol–water partition coefficient (Wildman–Crippen LogP) is 1.85. The molecule has 0 radical (unpaired) electrons. The highest BCUT2D eigenvalue weighted by Crippen LogP contribution is 2.65. The van der Waals surface area contributed by atoms with Crippen molar-refractivity contribution in [1.82, 2.24) is 20.9 Å². The largest absolute Gasteiger partial charge is 0.356 e. The van der Waals surface area contributed by atoms with Crippen LogP contribution in [0.3, 0.4) is 0 Å². The van der Waals surface area contributed by atoms with Gasteiger partial charge in [0.1, 0.15) is 18.1 Å². The number of rotatable bonds is 7. The minimum atomic E-state index is -0.843. The average Bonchev–Trinajstić information content (AvgIpc) is 3.20. The molecule has 9 nitrogen and oxygen atoms in total. The van der Waals surface area contributed by atoms with E-state index in [1.54, 1.807) is 29.2 Å². The van der Waals surface area contributed by atoms with Gasteiger partial charge in [0.2, 0.25) is 17.7 Å². The first-order chi connectivity index (χ1) is 17.4. The van der Waals surface area contributed by atoms with E-state index in [2.05, 4.69) is 35.9 Å². The van der Waals surface area contributed by atoms with E-state index in [4.69, 9.17) is 0 Å². The summed E-state index contributed by atoms with van der Waals surface area (Å²) < 4.78 is 0. The summed E-state index contributed by atoms with van der Waals surface area (Å²) in [4.78, 5) is 54.1. The Labute approximate surface area is 218 Å². The molecule has 6 atom stereocenters. The number of likely N-dealkylation sites (tertiary alicyclic amines) is 1. The molecule has 9 heteroatoms. The smallest absolute Gasteiger partial charge is 0.251 e. The van der Waals surface area contributed by atoms with Crippen LogP contribution in [0.5, 0.6) is 0 Å². The first-order valence-corrected chi connectivity index (χ1v) is 13.0. The first-order valence-electron chi connectivity index (χ1n) is 13.0. The van der Waals surface area contributed by atoms with Crippen molar-refractivity contribution in [2.75, 3.05) is 13.1 Å². The van der Waals surface area contributed by atoms with Crippen LogP contribution in [0.1, 0.15) is 57.8 Å². The van der Waals surface area contributed by atoms with Gasteiger partial charge in [-0.3, -0.25) is 19.2 Å². The van der Waals surface area contributed by atoms with Crippen molar-refractivity contribution in [2.24, 2.45) is 28.6 Å². The van der Waals surface area contributed by atoms with Crippen molar-refractivity contribution in [1.29, 1.82) is 5.26 Å². The number of carbonyl (C=O) groups excluding carboxylic acids is 4. The molecule has 0 bridgehead atoms. The lowest BCUT2D eigenvalue weighted by Crippen LogP contribution is -2.59. The molecule has 0 aromatic heterocycles. The van der Waals surface area contributed by atoms with Crippen molar-refractivity contribution in [3.05, 3.63) is 35.9 Å². The van der Waals surface area contributed by atoms with Gasteiger partial charge in [-0.2, -0.15) is 5.26 Å². The highest BCUT2D eigenvalue weighted by Gasteiger charge is 2.69. The zero-order chi connectivity index (χ0) is 27.1. The number of fused-ring (bicyclic) bond motifs is 1. The Bertz CT molecular complexity index is 1120. The molecule has 1 aliphatic carbocycles. The lowest BCUT2D eigenvalue weighted by Gasteiger charge is -2.37. The Morgan fingerprint density at radius 1 is 1.19 bits per heavy atom. The summed E-state index contributed by atoms with van der Waals surface area (Å²) in [6.07, 6.45) is 0.872. The van der Waals surface area contributed by atoms with Gasteiger partial charge < -0.3 is 20.9 Å². The Kier molecular flexibility index (Phi) is 7.06. The second-order valence-electron chi connectivity index (χ2n) is 12.2. The third-order valence-corrected chi connectivity index (χ3v) is 8.34. The number of nitrogens with one attached hydrogen (secondary N) is 3. The van der Waals surface area contributed by atoms with Crippen LogP contribution in [0.25, 0.3) is 0 Å². The van der Waals surface area contributed by atoms with Crippen molar-refractivity contribution in [3.63, 3.8) is 0 Å². The summed E-state index contributed by atoms with van der Waals surface area (Å²) in [5.74, 6) is -1.30. The fourth-order valence-corrected chi connectivity index (χ4v) is 5.99. The van der Waals surface area contributed by atoms with Crippen molar-refractivity contribution in [2.45, 2.75) is 65.6 Å². The third-order valence-electron chi connectivity index (χ3n) is 8.34. The number of hydrogen-bond donors (Lipinski definition) is 3. The van der Waals surface area contributed by atoms with Crippen LogP contribution in [0, 0.1) is 39.9 Å². The monoisotopic (exact) mass is 507 g/mol. The molecule has 2 aliphatic heterocycles. The molecular weight excluding hydrogens is 470 g/mol. The SMILES string of the molecule is CC(C)(C)[C@H](NC(=O)c1ccccc1)C(=O)N1C[C@H]2[C@@H]([C@H]1C(=O)N[C@H](C#N)C[C@@H]1CCNC1=O)C2(C)C. The maximum absolute atomic E-state index is 13.9. The van der Waals surface area contributed by atoms with E-state index in [1.807, 2.05) is 26.8 Å². The summed E-state index contributed by atoms with van der Waals surface area (Å²) >= 11 is 0. The van der Waals surface area contributed by atoms with Gasteiger partial charge in [0.25, 0.3) is 5.91 Å². The van der Waals surface area contributed by atoms with Gasteiger partial charge in [-0.05, 0) is 47.6 Å². The van der Waals surface area contributed by atoms with Crippen LogP contribution in [-0.2, 0) is 14.4 Å². The van der Waals surface area contributed by atoms with Gasteiger partial charge in [0.05, 0.1) is 6.07 Å². The van der Waals surface area contributed by atoms with E-state index in [1.165, 1.54) is 0 Å². The topological polar surface area (TPSA) is 131 Å². The number of nitriles is 1. The minimum absolute atomic E-state index is 0.0315. The molecule has 2 saturated heterocycles. The Hall–Kier alpha value is -3.41. The van der Waals surface area contributed by atoms with Gasteiger partial charge in [-0.25, -0.2) is 0 Å². The standard InChI is InChI=1S/C28H37N5O4/c1-27(2,3)22(32-24(35)16-9-7-6-8-10-16)26(37)33-15-19-20(28(19,4)5)21(33)25(36)31-18(14-29)13-17-11-12-30-23(17)34/h6-10,17-22H,11-13,15H2,1-5H3,(H,30,34)(H,31,36)(H,32,35)/t17-,18-,19-,20-,21-,22+/m0/s1. The van der Waals surface area contributed by atoms with Gasteiger partial charge >= 0.3 is 0 Å². The molecular formula is C28H37N5O4. The number of piperidine rings is 1. The summed E-state index contributed by atoms with van der Waals surface area (Å²) in [6, 6.07) is 8.44. The van der Waals surface area contributed by atoms with Crippen molar-refractivity contribution in [3.8, 4) is 6.07 Å². The molecule has 37 heavy (non-hydrogen) atoms. The number of benzene rings is 1. The lowest BCUT2D eigenvalue weighted by atomic mass is 9.85. The number of amides is 4. The van der Waals surface area contributed by atoms with Crippen molar-refractivity contribution < 1.29 is 19.2 Å². The fourth-order valence-electron chi connectivity index (χ4n) is 5.99. The van der Waals surface area contributed by atoms with Crippen LogP contribution < -0.4 is 16.0 Å². The molecule has 4 rings (SSSR count). The second-order valence-corrected chi connectivity index (χ2v) is 12.2. The van der Waals surface area contributed by atoms with Crippen LogP contribution in [0.4, 0.5) is 0 Å². The van der Waals surface area contributed by atoms with E-state index in [-0.39, 0.29) is 53.2 Å². The Morgan fingerprint density at radius 2 is 1.86 bits per heavy atom. The summed E-state index contributed by atoms with van der Waals surface area (Å²) in [6.45, 7) is 10.8. The molecule has 4 amide bonds. The molecule has 3 N–H and O–H groups in total. The fraction of sp³-hybridized carbons (Fsp3) is 0.607. The molecule has 3 fully saturated rings. The van der Waals surface area contributed by atoms with Crippen LogP contribution >= 0.6 is 0 Å². The maximum Gasteiger partial charge on any atom is 0.251 e. The maximum atomic E-state index is 13.9. The summed E-state index contributed by atoms with van der Waals surface area (Å²) in [5.41, 5.74) is -0.246. The zero-order valence-corrected chi connectivity index (χ0v) is 22.2. The van der Waals surface area contributed by atoms with Gasteiger partial charge in [-0.15, -0.1) is 0 Å². The highest BCUT2D eigenvalue weighted by atomic mass is 16.2. The molecule has 0 spiro atoms. The molecule has 1 aromatic rings. The zero-order valence-electron chi connectivity index (χ0n) is 22.2. The Morgan fingerprint density at radius 3 is 2.43 bits per heavy atom. The minimum Gasteiger partial charge on any atom is -0.356 e. The van der Waals surface area contributed by atoms with Gasteiger partial charge in [0, 0.05) is 24.6 Å². The van der Waals surface area contributed by atoms with Gasteiger partial charge in [-0.1, -0.05) is 52.8 Å². The summed E-state index contributed by atoms with van der Waals surface area (Å²) in [7, 11) is 0. The van der Waals surface area contributed by atoms with Crippen LogP contribution in [0.2, 0.25) is 0 Å². The number of carbonyl (C=O) groups is 4. The highest BCUT2D eigenvalue weighted by molar-refractivity contribution is 5.99. The molecule has 2 heterocycles. The molecule has 1 aromatic carbocycles. The first kappa shape index (κ1) is 26.6. The molecule has 1 saturated carbocycles. The lowest BCUT2D eigenvalue weighted by molar-refractivity contribution is -0.143. The average molecular weight is 508 g/mol. The van der Waals surface area contributed by atoms with E-state index in [9.17, 15) is 24.4 Å². The second kappa shape index (κ2) is 9.81. The van der Waals surface area contributed by atoms with Crippen LogP contribution in [0.15, 0.2) is 30.3 Å². The predicted molar refractivity (Wildman–Crippen MR) is 137 cm³/mol. The quantitative estimate of drug-likeness (QED) is 0.518. The van der Waals surface area contributed by atoms with Gasteiger partial charge in [0.15, 0.2) is 0 Å². The third kappa shape index (κ3) is 5.20. The van der Waals surface area contributed by atoms with E-state index >= 15 is 0 Å². The van der Waals surface area contributed by atoms with E-state index < -0.39 is 23.5 Å². The number of hydrogen-bond acceptors (Lipinski definition) is 5. The van der Waals surface area contributed by atoms with E-state index in [0.29, 0.717) is 25.1 Å². The van der Waals surface area contributed by atoms with Crippen molar-refractivity contribution >= 4 is 23.6 Å². The molecule has 3 aliphatic rings. The molecule has 198 valence electrons. The number of nitrogens with zero attached hydrogens (tertiary/aromatic N) is 2. The van der Waals surface area contributed by atoms with E-state index in [0.717, 1.165) is 0 Å². The Balaban J connectivity index is 1.53. The van der Waals surface area contributed by atoms with Crippen LogP contribution in [-0.4, -0.2) is 59.7 Å². The molecule has 0 unspecified atom stereocenters. The normalized spacial score (nSPS) is 27.4.